The number of hydrogen-bond acceptors (Lipinski definition) is 3. The van der Waals surface area contributed by atoms with E-state index >= 15 is 0 Å². The molecule has 1 heterocycles. The molecular weight excluding hydrogens is 228 g/mol. The quantitative estimate of drug-likeness (QED) is 0.669. The first-order valence-electron chi connectivity index (χ1n) is 7.17. The van der Waals surface area contributed by atoms with Gasteiger partial charge in [0.25, 0.3) is 0 Å². The van der Waals surface area contributed by atoms with Gasteiger partial charge in [-0.05, 0) is 38.8 Å². The highest BCUT2D eigenvalue weighted by Crippen LogP contribution is 2.14. The Balaban J connectivity index is 2.26. The van der Waals surface area contributed by atoms with Crippen molar-refractivity contribution in [1.82, 2.24) is 9.80 Å². The van der Waals surface area contributed by atoms with E-state index in [0.29, 0.717) is 5.92 Å². The van der Waals surface area contributed by atoms with Crippen molar-refractivity contribution >= 4 is 6.09 Å². The summed E-state index contributed by atoms with van der Waals surface area (Å²) in [4.78, 5) is 15.8. The van der Waals surface area contributed by atoms with E-state index in [1.54, 1.807) is 0 Å². The second kappa shape index (κ2) is 7.62. The van der Waals surface area contributed by atoms with Gasteiger partial charge in [-0.2, -0.15) is 0 Å². The van der Waals surface area contributed by atoms with Gasteiger partial charge in [0.1, 0.15) is 6.10 Å². The standard InChI is InChI=1S/C14H28N2O2/c1-5-8-15(4)10-13-11-16(14(17)18-13)9-6-7-12(2)3/h12-13H,5-11H2,1-4H3/t13-/m1/s1. The van der Waals surface area contributed by atoms with Gasteiger partial charge in [-0.15, -0.1) is 0 Å². The molecule has 1 amide bonds. The van der Waals surface area contributed by atoms with Gasteiger partial charge < -0.3 is 14.5 Å². The molecular formula is C14H28N2O2. The van der Waals surface area contributed by atoms with Crippen LogP contribution < -0.4 is 0 Å². The number of rotatable bonds is 8. The Labute approximate surface area is 111 Å². The molecule has 4 nitrogen and oxygen atoms in total. The van der Waals surface area contributed by atoms with E-state index < -0.39 is 0 Å². The molecule has 0 saturated carbocycles. The van der Waals surface area contributed by atoms with Crippen LogP contribution in [0.4, 0.5) is 4.79 Å². The highest BCUT2D eigenvalue weighted by molar-refractivity contribution is 5.69. The van der Waals surface area contributed by atoms with Crippen molar-refractivity contribution in [1.29, 1.82) is 0 Å². The van der Waals surface area contributed by atoms with Crippen LogP contribution in [0.5, 0.6) is 0 Å². The summed E-state index contributed by atoms with van der Waals surface area (Å²) in [5.74, 6) is 0.704. The monoisotopic (exact) mass is 256 g/mol. The third kappa shape index (κ3) is 5.25. The predicted molar refractivity (Wildman–Crippen MR) is 73.7 cm³/mol. The molecule has 106 valence electrons. The van der Waals surface area contributed by atoms with Gasteiger partial charge >= 0.3 is 6.09 Å². The van der Waals surface area contributed by atoms with E-state index in [-0.39, 0.29) is 12.2 Å². The Hall–Kier alpha value is -0.770. The maximum atomic E-state index is 11.7. The van der Waals surface area contributed by atoms with Crippen molar-refractivity contribution in [3.63, 3.8) is 0 Å². The number of nitrogens with zero attached hydrogens (tertiary/aromatic N) is 2. The number of amides is 1. The number of hydrogen-bond donors (Lipinski definition) is 0. The molecule has 1 aliphatic rings. The number of likely N-dealkylation sites (N-methyl/N-ethyl adjacent to an activating group) is 1. The van der Waals surface area contributed by atoms with Crippen molar-refractivity contribution in [3.05, 3.63) is 0 Å². The lowest BCUT2D eigenvalue weighted by atomic mass is 10.1. The zero-order valence-corrected chi connectivity index (χ0v) is 12.3. The van der Waals surface area contributed by atoms with Gasteiger partial charge in [0.05, 0.1) is 6.54 Å². The van der Waals surface area contributed by atoms with E-state index in [1.807, 2.05) is 4.90 Å². The van der Waals surface area contributed by atoms with Crippen LogP contribution in [0.3, 0.4) is 0 Å². The molecule has 1 atom stereocenters. The summed E-state index contributed by atoms with van der Waals surface area (Å²) in [6, 6.07) is 0. The first kappa shape index (κ1) is 15.3. The van der Waals surface area contributed by atoms with Crippen molar-refractivity contribution in [2.45, 2.75) is 46.1 Å². The molecule has 0 radical (unpaired) electrons. The normalized spacial score (nSPS) is 20.0. The van der Waals surface area contributed by atoms with E-state index in [0.717, 1.165) is 39.0 Å². The van der Waals surface area contributed by atoms with Gasteiger partial charge in [0.15, 0.2) is 0 Å². The summed E-state index contributed by atoms with van der Waals surface area (Å²) >= 11 is 0. The lowest BCUT2D eigenvalue weighted by Gasteiger charge is -2.18. The zero-order chi connectivity index (χ0) is 13.5. The molecule has 4 heteroatoms. The van der Waals surface area contributed by atoms with Gasteiger partial charge in [0, 0.05) is 13.1 Å². The minimum atomic E-state index is -0.131. The Morgan fingerprint density at radius 1 is 1.50 bits per heavy atom. The van der Waals surface area contributed by atoms with Crippen molar-refractivity contribution in [3.8, 4) is 0 Å². The minimum absolute atomic E-state index is 0.0492. The average molecular weight is 256 g/mol. The van der Waals surface area contributed by atoms with Crippen LogP contribution in [0, 0.1) is 5.92 Å². The lowest BCUT2D eigenvalue weighted by Crippen LogP contribution is -2.33. The third-order valence-corrected chi connectivity index (χ3v) is 3.28. The molecule has 0 bridgehead atoms. The van der Waals surface area contributed by atoms with E-state index in [4.69, 9.17) is 4.74 Å². The first-order valence-corrected chi connectivity index (χ1v) is 7.17. The van der Waals surface area contributed by atoms with E-state index in [2.05, 4.69) is 32.7 Å². The topological polar surface area (TPSA) is 32.8 Å². The van der Waals surface area contributed by atoms with Crippen LogP contribution in [0.25, 0.3) is 0 Å². The summed E-state index contributed by atoms with van der Waals surface area (Å²) in [5, 5.41) is 0. The van der Waals surface area contributed by atoms with E-state index in [1.165, 1.54) is 6.42 Å². The Kier molecular flexibility index (Phi) is 6.47. The summed E-state index contributed by atoms with van der Waals surface area (Å²) < 4.78 is 5.39. The molecule has 0 aromatic rings. The molecule has 0 spiro atoms. The fourth-order valence-corrected chi connectivity index (χ4v) is 2.36. The number of ether oxygens (including phenoxy) is 1. The van der Waals surface area contributed by atoms with Crippen LogP contribution in [0.1, 0.15) is 40.0 Å². The highest BCUT2D eigenvalue weighted by Gasteiger charge is 2.31. The minimum Gasteiger partial charge on any atom is -0.443 e. The number of carbonyl (C=O) groups excluding carboxylic acids is 1. The Morgan fingerprint density at radius 3 is 2.83 bits per heavy atom. The SMILES string of the molecule is CCCN(C)C[C@@H]1CN(CCCC(C)C)C(=O)O1. The van der Waals surface area contributed by atoms with Crippen LogP contribution in [-0.2, 0) is 4.74 Å². The molecule has 0 N–H and O–H groups in total. The van der Waals surface area contributed by atoms with Crippen LogP contribution in [0.2, 0.25) is 0 Å². The Morgan fingerprint density at radius 2 is 2.22 bits per heavy atom. The highest BCUT2D eigenvalue weighted by atomic mass is 16.6. The van der Waals surface area contributed by atoms with Gasteiger partial charge in [0.2, 0.25) is 0 Å². The van der Waals surface area contributed by atoms with Crippen LogP contribution >= 0.6 is 0 Å². The molecule has 0 unspecified atom stereocenters. The average Bonchev–Trinajstić information content (AvgIpc) is 2.59. The summed E-state index contributed by atoms with van der Waals surface area (Å²) in [6.45, 7) is 10.1. The number of carbonyl (C=O) groups is 1. The maximum absolute atomic E-state index is 11.7. The predicted octanol–water partition coefficient (Wildman–Crippen LogP) is 2.59. The first-order chi connectivity index (χ1) is 8.52. The molecule has 1 rings (SSSR count). The molecule has 0 aromatic carbocycles. The third-order valence-electron chi connectivity index (χ3n) is 3.28. The fourth-order valence-electron chi connectivity index (χ4n) is 2.36. The molecule has 18 heavy (non-hydrogen) atoms. The second-order valence-electron chi connectivity index (χ2n) is 5.75. The second-order valence-corrected chi connectivity index (χ2v) is 5.75. The van der Waals surface area contributed by atoms with Crippen LogP contribution in [0.15, 0.2) is 0 Å². The summed E-state index contributed by atoms with van der Waals surface area (Å²) in [5.41, 5.74) is 0. The lowest BCUT2D eigenvalue weighted by molar-refractivity contribution is 0.113. The molecule has 1 saturated heterocycles. The van der Waals surface area contributed by atoms with Crippen molar-refractivity contribution in [2.24, 2.45) is 5.92 Å². The van der Waals surface area contributed by atoms with Crippen molar-refractivity contribution < 1.29 is 9.53 Å². The largest absolute Gasteiger partial charge is 0.443 e. The Bertz CT molecular complexity index is 256. The van der Waals surface area contributed by atoms with E-state index in [9.17, 15) is 4.79 Å². The summed E-state index contributed by atoms with van der Waals surface area (Å²) in [6.07, 6.45) is 3.30. The fraction of sp³-hybridized carbons (Fsp3) is 0.929. The van der Waals surface area contributed by atoms with Crippen LogP contribution in [-0.4, -0.2) is 55.2 Å². The molecule has 1 aliphatic heterocycles. The van der Waals surface area contributed by atoms with Gasteiger partial charge in [-0.25, -0.2) is 4.79 Å². The van der Waals surface area contributed by atoms with Gasteiger partial charge in [-0.1, -0.05) is 20.8 Å². The zero-order valence-electron chi connectivity index (χ0n) is 12.3. The molecule has 0 aliphatic carbocycles. The summed E-state index contributed by atoms with van der Waals surface area (Å²) in [7, 11) is 2.08. The molecule has 1 fully saturated rings. The van der Waals surface area contributed by atoms with Crippen molar-refractivity contribution in [2.75, 3.05) is 33.2 Å². The number of cyclic esters (lactones) is 1. The maximum Gasteiger partial charge on any atom is 0.410 e. The smallest absolute Gasteiger partial charge is 0.410 e. The molecule has 0 aromatic heterocycles. The van der Waals surface area contributed by atoms with Gasteiger partial charge in [-0.3, -0.25) is 0 Å².